The number of hydrogen-bond acceptors (Lipinski definition) is 10. The predicted octanol–water partition coefficient (Wildman–Crippen LogP) is 5.61. The number of aliphatic hydroxyl groups excluding tert-OH is 1. The van der Waals surface area contributed by atoms with Crippen LogP contribution in [0, 0.1) is 6.92 Å². The first-order valence-electron chi connectivity index (χ1n) is 12.0. The van der Waals surface area contributed by atoms with Crippen LogP contribution < -0.4 is 25.8 Å². The van der Waals surface area contributed by atoms with Crippen LogP contribution in [0.15, 0.2) is 48.0 Å². The van der Waals surface area contributed by atoms with Crippen molar-refractivity contribution < 1.29 is 28.9 Å². The molecule has 10 nitrogen and oxygen atoms in total. The molecule has 0 saturated heterocycles. The standard InChI is InChI=1S/C27H27ClN4O6S/c1-3-36-27(35)38-22-12-31-25(29)23-17(14-39-24(22)23)13-37-21-11-18(6-4-15(21)2)32-26(34)16-5-7-20(19(28)10-16)30-8-9-33/h4-7,10-12,14,30,33H,3,8-9,13H2,1-2H3,(H2,29,31)(H,32,34). The molecule has 0 bridgehead atoms. The van der Waals surface area contributed by atoms with E-state index in [9.17, 15) is 9.59 Å². The monoisotopic (exact) mass is 570 g/mol. The Balaban J connectivity index is 1.48. The third-order valence-electron chi connectivity index (χ3n) is 5.61. The molecule has 204 valence electrons. The van der Waals surface area contributed by atoms with Crippen LogP contribution in [0.25, 0.3) is 10.1 Å². The highest BCUT2D eigenvalue weighted by atomic mass is 35.5. The minimum Gasteiger partial charge on any atom is -0.489 e. The van der Waals surface area contributed by atoms with Crippen molar-refractivity contribution >= 4 is 62.3 Å². The predicted molar refractivity (Wildman–Crippen MR) is 152 cm³/mol. The fraction of sp³-hybridized carbons (Fsp3) is 0.222. The van der Waals surface area contributed by atoms with Crippen LogP contribution in [-0.2, 0) is 11.3 Å². The summed E-state index contributed by atoms with van der Waals surface area (Å²) in [5.41, 5.74) is 9.32. The molecule has 0 aliphatic heterocycles. The van der Waals surface area contributed by atoms with E-state index in [1.54, 1.807) is 37.3 Å². The summed E-state index contributed by atoms with van der Waals surface area (Å²) < 4.78 is 16.9. The minimum atomic E-state index is -0.817. The van der Waals surface area contributed by atoms with Crippen molar-refractivity contribution in [3.05, 3.63) is 69.7 Å². The maximum Gasteiger partial charge on any atom is 0.513 e. The Morgan fingerprint density at radius 1 is 1.18 bits per heavy atom. The Labute approximate surface area is 233 Å². The lowest BCUT2D eigenvalue weighted by atomic mass is 10.1. The molecule has 4 aromatic rings. The zero-order chi connectivity index (χ0) is 27.9. The Morgan fingerprint density at radius 3 is 2.74 bits per heavy atom. The fourth-order valence-corrected chi connectivity index (χ4v) is 4.96. The summed E-state index contributed by atoms with van der Waals surface area (Å²) in [5, 5.41) is 17.7. The second kappa shape index (κ2) is 12.7. The Morgan fingerprint density at radius 2 is 2.00 bits per heavy atom. The SMILES string of the molecule is CCOC(=O)Oc1cnc(N)c2c(COc3cc(NC(=O)c4ccc(NCCO)c(Cl)c4)ccc3C)csc12. The van der Waals surface area contributed by atoms with Gasteiger partial charge in [0.15, 0.2) is 5.75 Å². The van der Waals surface area contributed by atoms with Gasteiger partial charge in [-0.3, -0.25) is 4.79 Å². The van der Waals surface area contributed by atoms with Gasteiger partial charge in [-0.15, -0.1) is 11.3 Å². The van der Waals surface area contributed by atoms with Gasteiger partial charge in [-0.2, -0.15) is 0 Å². The summed E-state index contributed by atoms with van der Waals surface area (Å²) >= 11 is 7.61. The molecular weight excluding hydrogens is 544 g/mol. The van der Waals surface area contributed by atoms with Gasteiger partial charge < -0.3 is 35.7 Å². The number of benzene rings is 2. The summed E-state index contributed by atoms with van der Waals surface area (Å²) in [6, 6.07) is 10.2. The third kappa shape index (κ3) is 6.69. The number of ether oxygens (including phenoxy) is 3. The Kier molecular flexibility index (Phi) is 9.07. The van der Waals surface area contributed by atoms with Crippen LogP contribution in [0.3, 0.4) is 0 Å². The first kappa shape index (κ1) is 28.0. The van der Waals surface area contributed by atoms with Gasteiger partial charge in [-0.05, 0) is 49.1 Å². The number of nitrogens with two attached hydrogens (primary N) is 1. The van der Waals surface area contributed by atoms with E-state index in [4.69, 9.17) is 36.7 Å². The number of carbonyl (C=O) groups is 2. The third-order valence-corrected chi connectivity index (χ3v) is 6.97. The lowest BCUT2D eigenvalue weighted by Gasteiger charge is -2.13. The van der Waals surface area contributed by atoms with Crippen LogP contribution in [0.5, 0.6) is 11.5 Å². The lowest BCUT2D eigenvalue weighted by molar-refractivity contribution is 0.102. The second-order valence-corrected chi connectivity index (χ2v) is 9.61. The number of thiophene rings is 1. The molecule has 2 aromatic heterocycles. The van der Waals surface area contributed by atoms with Crippen molar-refractivity contribution in [2.24, 2.45) is 0 Å². The van der Waals surface area contributed by atoms with Gasteiger partial charge >= 0.3 is 6.16 Å². The van der Waals surface area contributed by atoms with Crippen molar-refractivity contribution in [2.45, 2.75) is 20.5 Å². The van der Waals surface area contributed by atoms with Gasteiger partial charge in [0, 0.05) is 34.8 Å². The van der Waals surface area contributed by atoms with E-state index in [-0.39, 0.29) is 37.3 Å². The smallest absolute Gasteiger partial charge is 0.489 e. The molecule has 0 aliphatic rings. The van der Waals surface area contributed by atoms with Crippen molar-refractivity contribution in [3.63, 3.8) is 0 Å². The van der Waals surface area contributed by atoms with Crippen molar-refractivity contribution in [3.8, 4) is 11.5 Å². The molecule has 1 amide bonds. The fourth-order valence-electron chi connectivity index (χ4n) is 3.71. The number of carbonyl (C=O) groups excluding carboxylic acids is 2. The summed E-state index contributed by atoms with van der Waals surface area (Å²) in [7, 11) is 0. The van der Waals surface area contributed by atoms with E-state index in [2.05, 4.69) is 15.6 Å². The van der Waals surface area contributed by atoms with Gasteiger partial charge in [0.2, 0.25) is 0 Å². The van der Waals surface area contributed by atoms with Crippen LogP contribution >= 0.6 is 22.9 Å². The van der Waals surface area contributed by atoms with E-state index in [0.717, 1.165) is 11.1 Å². The number of nitrogen functional groups attached to an aromatic ring is 1. The molecule has 2 heterocycles. The van der Waals surface area contributed by atoms with E-state index in [0.29, 0.717) is 44.3 Å². The molecule has 4 rings (SSSR count). The van der Waals surface area contributed by atoms with Gasteiger partial charge in [-0.25, -0.2) is 9.78 Å². The highest BCUT2D eigenvalue weighted by Crippen LogP contribution is 2.37. The number of nitrogens with zero attached hydrogens (tertiary/aromatic N) is 1. The molecular formula is C27H27ClN4O6S. The van der Waals surface area contributed by atoms with Crippen LogP contribution in [-0.4, -0.2) is 41.9 Å². The molecule has 0 atom stereocenters. The summed E-state index contributed by atoms with van der Waals surface area (Å²) in [6.45, 7) is 4.26. The number of aliphatic hydroxyl groups is 1. The van der Waals surface area contributed by atoms with Crippen molar-refractivity contribution in [1.29, 1.82) is 0 Å². The zero-order valence-corrected chi connectivity index (χ0v) is 22.8. The Hall–Kier alpha value is -4.06. The molecule has 2 aromatic carbocycles. The normalized spacial score (nSPS) is 10.8. The number of aryl methyl sites for hydroxylation is 1. The zero-order valence-electron chi connectivity index (χ0n) is 21.2. The minimum absolute atomic E-state index is 0.0335. The van der Waals surface area contributed by atoms with Crippen molar-refractivity contribution in [1.82, 2.24) is 4.98 Å². The molecule has 12 heteroatoms. The molecule has 0 aliphatic carbocycles. The number of amides is 1. The lowest BCUT2D eigenvalue weighted by Crippen LogP contribution is -2.13. The van der Waals surface area contributed by atoms with E-state index >= 15 is 0 Å². The largest absolute Gasteiger partial charge is 0.513 e. The van der Waals surface area contributed by atoms with Crippen LogP contribution in [0.1, 0.15) is 28.4 Å². The maximum absolute atomic E-state index is 12.8. The van der Waals surface area contributed by atoms with Gasteiger partial charge in [0.25, 0.3) is 5.91 Å². The average molecular weight is 571 g/mol. The number of rotatable bonds is 10. The first-order chi connectivity index (χ1) is 18.8. The number of pyridine rings is 1. The molecule has 0 radical (unpaired) electrons. The average Bonchev–Trinajstić information content (AvgIpc) is 3.35. The molecule has 0 unspecified atom stereocenters. The summed E-state index contributed by atoms with van der Waals surface area (Å²) in [4.78, 5) is 28.8. The molecule has 5 N–H and O–H groups in total. The highest BCUT2D eigenvalue weighted by molar-refractivity contribution is 7.17. The quantitative estimate of drug-likeness (QED) is 0.179. The van der Waals surface area contributed by atoms with Crippen molar-refractivity contribution in [2.75, 3.05) is 36.1 Å². The molecule has 0 fully saturated rings. The highest BCUT2D eigenvalue weighted by Gasteiger charge is 2.17. The number of hydrogen-bond donors (Lipinski definition) is 4. The molecule has 0 spiro atoms. The van der Waals surface area contributed by atoms with Crippen LogP contribution in [0.2, 0.25) is 5.02 Å². The van der Waals surface area contributed by atoms with E-state index in [1.807, 2.05) is 18.4 Å². The molecule has 0 saturated carbocycles. The van der Waals surface area contributed by atoms with Gasteiger partial charge in [-0.1, -0.05) is 17.7 Å². The molecule has 39 heavy (non-hydrogen) atoms. The maximum atomic E-state index is 12.8. The topological polar surface area (TPSA) is 145 Å². The summed E-state index contributed by atoms with van der Waals surface area (Å²) in [6.07, 6.45) is 0.570. The second-order valence-electron chi connectivity index (χ2n) is 8.33. The number of nitrogens with one attached hydrogen (secondary N) is 2. The summed E-state index contributed by atoms with van der Waals surface area (Å²) in [5.74, 6) is 0.776. The number of fused-ring (bicyclic) bond motifs is 1. The number of halogens is 1. The Bertz CT molecular complexity index is 1510. The van der Waals surface area contributed by atoms with Gasteiger partial charge in [0.1, 0.15) is 18.2 Å². The van der Waals surface area contributed by atoms with Crippen LogP contribution in [0.4, 0.5) is 22.0 Å². The number of anilines is 3. The van der Waals surface area contributed by atoms with Gasteiger partial charge in [0.05, 0.1) is 34.8 Å². The first-order valence-corrected chi connectivity index (χ1v) is 13.2. The van der Waals surface area contributed by atoms with E-state index in [1.165, 1.54) is 17.5 Å². The number of aromatic nitrogens is 1. The van der Waals surface area contributed by atoms with E-state index < -0.39 is 6.16 Å².